The van der Waals surface area contributed by atoms with Crippen molar-refractivity contribution in [1.82, 2.24) is 5.32 Å². The van der Waals surface area contributed by atoms with Gasteiger partial charge < -0.3 is 15.8 Å². The first-order chi connectivity index (χ1) is 9.10. The van der Waals surface area contributed by atoms with Crippen molar-refractivity contribution in [3.8, 4) is 11.5 Å². The molecule has 0 atom stereocenters. The fraction of sp³-hybridized carbons (Fsp3) is 0.133. The summed E-state index contributed by atoms with van der Waals surface area (Å²) in [5.74, 6) is 0.909. The summed E-state index contributed by atoms with van der Waals surface area (Å²) in [4.78, 5) is 11.8. The van der Waals surface area contributed by atoms with Crippen LogP contribution in [0, 0.1) is 6.92 Å². The zero-order chi connectivity index (χ0) is 13.8. The molecule has 19 heavy (non-hydrogen) atoms. The van der Waals surface area contributed by atoms with E-state index in [1.807, 2.05) is 31.2 Å². The SMILES string of the molecule is CNC(=O)c1ccc(N)cc1Oc1ccc(C)cc1. The van der Waals surface area contributed by atoms with E-state index in [1.165, 1.54) is 0 Å². The Kier molecular flexibility index (Phi) is 3.71. The molecule has 1 amide bonds. The molecule has 0 unspecified atom stereocenters. The average molecular weight is 256 g/mol. The highest BCUT2D eigenvalue weighted by Crippen LogP contribution is 2.27. The molecule has 0 aliphatic carbocycles. The van der Waals surface area contributed by atoms with E-state index < -0.39 is 0 Å². The summed E-state index contributed by atoms with van der Waals surface area (Å²) in [7, 11) is 1.58. The minimum Gasteiger partial charge on any atom is -0.456 e. The predicted molar refractivity (Wildman–Crippen MR) is 75.5 cm³/mol. The van der Waals surface area contributed by atoms with Gasteiger partial charge in [-0.1, -0.05) is 17.7 Å². The first-order valence-electron chi connectivity index (χ1n) is 5.96. The zero-order valence-corrected chi connectivity index (χ0v) is 10.9. The molecular weight excluding hydrogens is 240 g/mol. The van der Waals surface area contributed by atoms with Crippen LogP contribution in [0.2, 0.25) is 0 Å². The molecule has 3 N–H and O–H groups in total. The van der Waals surface area contributed by atoms with Gasteiger partial charge in [0.2, 0.25) is 0 Å². The molecule has 0 aromatic heterocycles. The van der Waals surface area contributed by atoms with E-state index in [0.29, 0.717) is 22.7 Å². The molecule has 0 fully saturated rings. The lowest BCUT2D eigenvalue weighted by atomic mass is 10.1. The van der Waals surface area contributed by atoms with Crippen LogP contribution in [0.3, 0.4) is 0 Å². The summed E-state index contributed by atoms with van der Waals surface area (Å²) in [5.41, 5.74) is 7.89. The van der Waals surface area contributed by atoms with Gasteiger partial charge >= 0.3 is 0 Å². The van der Waals surface area contributed by atoms with Crippen LogP contribution in [-0.2, 0) is 0 Å². The number of hydrogen-bond acceptors (Lipinski definition) is 3. The van der Waals surface area contributed by atoms with E-state index in [-0.39, 0.29) is 5.91 Å². The minimum atomic E-state index is -0.206. The zero-order valence-electron chi connectivity index (χ0n) is 10.9. The molecule has 98 valence electrons. The average Bonchev–Trinajstić information content (AvgIpc) is 2.41. The number of carbonyl (C=O) groups is 1. The lowest BCUT2D eigenvalue weighted by Crippen LogP contribution is -2.18. The highest BCUT2D eigenvalue weighted by atomic mass is 16.5. The van der Waals surface area contributed by atoms with Crippen LogP contribution in [0.25, 0.3) is 0 Å². The number of amides is 1. The van der Waals surface area contributed by atoms with Crippen molar-refractivity contribution in [2.24, 2.45) is 0 Å². The standard InChI is InChI=1S/C15H16N2O2/c1-10-3-6-12(7-4-10)19-14-9-11(16)5-8-13(14)15(18)17-2/h3-9H,16H2,1-2H3,(H,17,18). The molecular formula is C15H16N2O2. The number of rotatable bonds is 3. The first kappa shape index (κ1) is 13.0. The van der Waals surface area contributed by atoms with Crippen LogP contribution < -0.4 is 15.8 Å². The third kappa shape index (κ3) is 3.04. The minimum absolute atomic E-state index is 0.206. The fourth-order valence-electron chi connectivity index (χ4n) is 1.68. The number of nitrogens with two attached hydrogens (primary N) is 1. The number of benzene rings is 2. The number of hydrogen-bond donors (Lipinski definition) is 2. The fourth-order valence-corrected chi connectivity index (χ4v) is 1.68. The van der Waals surface area contributed by atoms with Crippen LogP contribution in [0.1, 0.15) is 15.9 Å². The number of nitrogen functional groups attached to an aromatic ring is 1. The maximum atomic E-state index is 11.8. The summed E-state index contributed by atoms with van der Waals surface area (Å²) in [6.07, 6.45) is 0. The maximum Gasteiger partial charge on any atom is 0.254 e. The van der Waals surface area contributed by atoms with Crippen molar-refractivity contribution in [2.45, 2.75) is 6.92 Å². The van der Waals surface area contributed by atoms with Gasteiger partial charge in [0.1, 0.15) is 11.5 Å². The van der Waals surface area contributed by atoms with Crippen molar-refractivity contribution in [3.05, 3.63) is 53.6 Å². The molecule has 0 aliphatic heterocycles. The molecule has 0 radical (unpaired) electrons. The number of anilines is 1. The van der Waals surface area contributed by atoms with Crippen LogP contribution in [0.4, 0.5) is 5.69 Å². The second kappa shape index (κ2) is 5.44. The van der Waals surface area contributed by atoms with Gasteiger partial charge in [-0.2, -0.15) is 0 Å². The quantitative estimate of drug-likeness (QED) is 0.830. The number of nitrogens with one attached hydrogen (secondary N) is 1. The summed E-state index contributed by atoms with van der Waals surface area (Å²) in [5, 5.41) is 2.58. The van der Waals surface area contributed by atoms with Gasteiger partial charge in [0.15, 0.2) is 0 Å². The van der Waals surface area contributed by atoms with Gasteiger partial charge in [0, 0.05) is 18.8 Å². The van der Waals surface area contributed by atoms with E-state index in [2.05, 4.69) is 5.32 Å². The second-order valence-corrected chi connectivity index (χ2v) is 4.25. The molecule has 0 spiro atoms. The number of ether oxygens (including phenoxy) is 1. The van der Waals surface area contributed by atoms with Crippen molar-refractivity contribution < 1.29 is 9.53 Å². The summed E-state index contributed by atoms with van der Waals surface area (Å²) < 4.78 is 5.73. The molecule has 0 aliphatic rings. The Morgan fingerprint density at radius 2 is 1.84 bits per heavy atom. The first-order valence-corrected chi connectivity index (χ1v) is 5.96. The second-order valence-electron chi connectivity index (χ2n) is 4.25. The van der Waals surface area contributed by atoms with Crippen molar-refractivity contribution >= 4 is 11.6 Å². The molecule has 2 aromatic rings. The van der Waals surface area contributed by atoms with Crippen molar-refractivity contribution in [2.75, 3.05) is 12.8 Å². The van der Waals surface area contributed by atoms with E-state index in [9.17, 15) is 4.79 Å². The molecule has 4 nitrogen and oxygen atoms in total. The van der Waals surface area contributed by atoms with E-state index in [4.69, 9.17) is 10.5 Å². The molecule has 4 heteroatoms. The Morgan fingerprint density at radius 3 is 2.47 bits per heavy atom. The monoisotopic (exact) mass is 256 g/mol. The van der Waals surface area contributed by atoms with Crippen LogP contribution in [0.15, 0.2) is 42.5 Å². The normalized spacial score (nSPS) is 10.0. The Balaban J connectivity index is 2.35. The van der Waals surface area contributed by atoms with Gasteiger partial charge in [-0.05, 0) is 31.2 Å². The molecule has 2 rings (SSSR count). The number of aryl methyl sites for hydroxylation is 1. The van der Waals surface area contributed by atoms with Crippen LogP contribution >= 0.6 is 0 Å². The molecule has 0 saturated carbocycles. The van der Waals surface area contributed by atoms with Gasteiger partial charge in [-0.15, -0.1) is 0 Å². The lowest BCUT2D eigenvalue weighted by molar-refractivity contribution is 0.0961. The van der Waals surface area contributed by atoms with Crippen molar-refractivity contribution in [3.63, 3.8) is 0 Å². The molecule has 2 aromatic carbocycles. The maximum absolute atomic E-state index is 11.8. The van der Waals surface area contributed by atoms with Crippen molar-refractivity contribution in [1.29, 1.82) is 0 Å². The summed E-state index contributed by atoms with van der Waals surface area (Å²) >= 11 is 0. The molecule has 0 saturated heterocycles. The van der Waals surface area contributed by atoms with Crippen LogP contribution in [-0.4, -0.2) is 13.0 Å². The molecule has 0 heterocycles. The number of carbonyl (C=O) groups excluding carboxylic acids is 1. The van der Waals surface area contributed by atoms with Gasteiger partial charge in [0.05, 0.1) is 5.56 Å². The van der Waals surface area contributed by atoms with Gasteiger partial charge in [-0.3, -0.25) is 4.79 Å². The smallest absolute Gasteiger partial charge is 0.254 e. The van der Waals surface area contributed by atoms with Crippen LogP contribution in [0.5, 0.6) is 11.5 Å². The highest BCUT2D eigenvalue weighted by Gasteiger charge is 2.12. The Morgan fingerprint density at radius 1 is 1.16 bits per heavy atom. The Labute approximate surface area is 112 Å². The molecule has 0 bridgehead atoms. The predicted octanol–water partition coefficient (Wildman–Crippen LogP) is 2.73. The third-order valence-electron chi connectivity index (χ3n) is 2.73. The summed E-state index contributed by atoms with van der Waals surface area (Å²) in [6, 6.07) is 12.6. The Bertz CT molecular complexity index is 592. The van der Waals surface area contributed by atoms with E-state index in [1.54, 1.807) is 25.2 Å². The van der Waals surface area contributed by atoms with Gasteiger partial charge in [0.25, 0.3) is 5.91 Å². The van der Waals surface area contributed by atoms with Gasteiger partial charge in [-0.25, -0.2) is 0 Å². The topological polar surface area (TPSA) is 64.4 Å². The van der Waals surface area contributed by atoms with E-state index >= 15 is 0 Å². The summed E-state index contributed by atoms with van der Waals surface area (Å²) in [6.45, 7) is 2.00. The van der Waals surface area contributed by atoms with E-state index in [0.717, 1.165) is 5.56 Å². The largest absolute Gasteiger partial charge is 0.456 e. The Hall–Kier alpha value is -2.49. The lowest BCUT2D eigenvalue weighted by Gasteiger charge is -2.11. The highest BCUT2D eigenvalue weighted by molar-refractivity contribution is 5.97. The third-order valence-corrected chi connectivity index (χ3v) is 2.73.